The standard InChI is InChI=1S/C10H7BrN2O2S/c11-8-6-12-9(16-8)13(10(14)15)7-4-2-1-3-5-7/h1-6H,(H,14,15). The molecule has 2 rings (SSSR count). The summed E-state index contributed by atoms with van der Waals surface area (Å²) in [5.74, 6) is 0. The van der Waals surface area contributed by atoms with Gasteiger partial charge in [-0.1, -0.05) is 29.5 Å². The number of carbonyl (C=O) groups is 1. The van der Waals surface area contributed by atoms with Crippen LogP contribution >= 0.6 is 27.3 Å². The first-order valence-electron chi connectivity index (χ1n) is 4.38. The van der Waals surface area contributed by atoms with E-state index >= 15 is 0 Å². The Hall–Kier alpha value is -1.40. The predicted molar refractivity (Wildman–Crippen MR) is 66.4 cm³/mol. The molecule has 2 aromatic rings. The SMILES string of the molecule is O=C(O)N(c1ccccc1)c1ncc(Br)s1. The Bertz CT molecular complexity index is 501. The number of benzene rings is 1. The lowest BCUT2D eigenvalue weighted by molar-refractivity contribution is 0.205. The minimum atomic E-state index is -1.05. The van der Waals surface area contributed by atoms with E-state index in [0.29, 0.717) is 10.8 Å². The van der Waals surface area contributed by atoms with Gasteiger partial charge in [0.1, 0.15) is 0 Å². The molecule has 0 fully saturated rings. The first kappa shape index (κ1) is 11.1. The summed E-state index contributed by atoms with van der Waals surface area (Å²) in [6.45, 7) is 0. The molecule has 0 saturated carbocycles. The van der Waals surface area contributed by atoms with Crippen LogP contribution in [0, 0.1) is 0 Å². The van der Waals surface area contributed by atoms with Gasteiger partial charge in [-0.25, -0.2) is 14.7 Å². The van der Waals surface area contributed by atoms with Crippen LogP contribution in [0.25, 0.3) is 0 Å². The summed E-state index contributed by atoms with van der Waals surface area (Å²) in [5.41, 5.74) is 0.580. The number of amides is 1. The van der Waals surface area contributed by atoms with Crippen LogP contribution < -0.4 is 4.90 Å². The van der Waals surface area contributed by atoms with Crippen molar-refractivity contribution in [3.8, 4) is 0 Å². The number of rotatable bonds is 2. The topological polar surface area (TPSA) is 53.4 Å². The number of thiazole rings is 1. The average Bonchev–Trinajstić information content (AvgIpc) is 2.66. The molecule has 1 amide bonds. The van der Waals surface area contributed by atoms with E-state index < -0.39 is 6.09 Å². The van der Waals surface area contributed by atoms with E-state index in [4.69, 9.17) is 5.11 Å². The van der Waals surface area contributed by atoms with Gasteiger partial charge in [0, 0.05) is 0 Å². The second kappa shape index (κ2) is 4.63. The lowest BCUT2D eigenvalue weighted by atomic mass is 10.3. The molecule has 0 aliphatic rings. The molecule has 6 heteroatoms. The van der Waals surface area contributed by atoms with E-state index in [9.17, 15) is 4.79 Å². The first-order chi connectivity index (χ1) is 7.68. The molecular weight excluding hydrogens is 292 g/mol. The Morgan fingerprint density at radius 1 is 1.38 bits per heavy atom. The summed E-state index contributed by atoms with van der Waals surface area (Å²) in [4.78, 5) is 16.4. The quantitative estimate of drug-likeness (QED) is 0.919. The van der Waals surface area contributed by atoms with Gasteiger partial charge in [-0.2, -0.15) is 0 Å². The van der Waals surface area contributed by atoms with Gasteiger partial charge in [0.2, 0.25) is 5.13 Å². The van der Waals surface area contributed by atoms with Crippen molar-refractivity contribution in [2.45, 2.75) is 0 Å². The van der Waals surface area contributed by atoms with E-state index in [1.165, 1.54) is 11.3 Å². The van der Waals surface area contributed by atoms with Crippen molar-refractivity contribution < 1.29 is 9.90 Å². The van der Waals surface area contributed by atoms with Gasteiger partial charge in [0.25, 0.3) is 0 Å². The van der Waals surface area contributed by atoms with Crippen LogP contribution in [0.1, 0.15) is 0 Å². The van der Waals surface area contributed by atoms with Gasteiger partial charge in [0.15, 0.2) is 0 Å². The van der Waals surface area contributed by atoms with Crippen LogP contribution in [0.3, 0.4) is 0 Å². The van der Waals surface area contributed by atoms with Crippen molar-refractivity contribution in [1.29, 1.82) is 0 Å². The zero-order chi connectivity index (χ0) is 11.5. The maximum atomic E-state index is 11.2. The van der Waals surface area contributed by atoms with Crippen molar-refractivity contribution in [2.75, 3.05) is 4.90 Å². The van der Waals surface area contributed by atoms with Crippen LogP contribution in [0.4, 0.5) is 15.6 Å². The molecule has 0 atom stereocenters. The highest BCUT2D eigenvalue weighted by atomic mass is 79.9. The van der Waals surface area contributed by atoms with Crippen LogP contribution in [-0.2, 0) is 0 Å². The number of carboxylic acid groups (broad SMARTS) is 1. The van der Waals surface area contributed by atoms with Gasteiger partial charge in [0.05, 0.1) is 15.7 Å². The van der Waals surface area contributed by atoms with Gasteiger partial charge in [-0.15, -0.1) is 0 Å². The molecular formula is C10H7BrN2O2S. The summed E-state index contributed by atoms with van der Waals surface area (Å²) in [7, 11) is 0. The molecule has 0 saturated heterocycles. The number of para-hydroxylation sites is 1. The molecule has 0 spiro atoms. The number of nitrogens with zero attached hydrogens (tertiary/aromatic N) is 2. The normalized spacial score (nSPS) is 10.1. The summed E-state index contributed by atoms with van der Waals surface area (Å²) in [5, 5.41) is 9.59. The molecule has 1 aromatic carbocycles. The maximum absolute atomic E-state index is 11.2. The van der Waals surface area contributed by atoms with Crippen LogP contribution in [0.15, 0.2) is 40.3 Å². The lowest BCUT2D eigenvalue weighted by Crippen LogP contribution is -2.23. The highest BCUT2D eigenvalue weighted by molar-refractivity contribution is 9.11. The minimum Gasteiger partial charge on any atom is -0.464 e. The molecule has 0 aliphatic carbocycles. The molecule has 0 aliphatic heterocycles. The second-order valence-corrected chi connectivity index (χ2v) is 5.29. The highest BCUT2D eigenvalue weighted by Crippen LogP contribution is 2.31. The van der Waals surface area contributed by atoms with Crippen molar-refractivity contribution >= 4 is 44.2 Å². The number of halogens is 1. The lowest BCUT2D eigenvalue weighted by Gasteiger charge is -2.15. The van der Waals surface area contributed by atoms with Gasteiger partial charge in [-0.3, -0.25) is 0 Å². The molecule has 0 radical (unpaired) electrons. The number of hydrogen-bond donors (Lipinski definition) is 1. The third-order valence-corrected chi connectivity index (χ3v) is 3.32. The number of anilines is 2. The van der Waals surface area contributed by atoms with Crippen LogP contribution in [0.2, 0.25) is 0 Å². The summed E-state index contributed by atoms with van der Waals surface area (Å²) in [6, 6.07) is 8.86. The Morgan fingerprint density at radius 3 is 2.56 bits per heavy atom. The predicted octanol–water partition coefficient (Wildman–Crippen LogP) is 3.72. The van der Waals surface area contributed by atoms with Crippen LogP contribution in [-0.4, -0.2) is 16.2 Å². The number of hydrogen-bond acceptors (Lipinski definition) is 3. The Morgan fingerprint density at radius 2 is 2.06 bits per heavy atom. The van der Waals surface area contributed by atoms with Gasteiger partial charge >= 0.3 is 6.09 Å². The third-order valence-electron chi connectivity index (χ3n) is 1.86. The van der Waals surface area contributed by atoms with Crippen molar-refractivity contribution in [2.24, 2.45) is 0 Å². The first-order valence-corrected chi connectivity index (χ1v) is 5.99. The maximum Gasteiger partial charge on any atom is 0.418 e. The minimum absolute atomic E-state index is 0.422. The Kier molecular flexibility index (Phi) is 3.21. The van der Waals surface area contributed by atoms with Crippen LogP contribution in [0.5, 0.6) is 0 Å². The van der Waals surface area contributed by atoms with Gasteiger partial charge < -0.3 is 5.11 Å². The molecule has 1 aromatic heterocycles. The zero-order valence-electron chi connectivity index (χ0n) is 8.00. The number of aromatic nitrogens is 1. The molecule has 16 heavy (non-hydrogen) atoms. The van der Waals surface area contributed by atoms with E-state index in [0.717, 1.165) is 8.69 Å². The molecule has 0 unspecified atom stereocenters. The van der Waals surface area contributed by atoms with Gasteiger partial charge in [-0.05, 0) is 28.1 Å². The highest BCUT2D eigenvalue weighted by Gasteiger charge is 2.19. The fraction of sp³-hybridized carbons (Fsp3) is 0. The Balaban J connectivity index is 2.43. The largest absolute Gasteiger partial charge is 0.464 e. The average molecular weight is 299 g/mol. The van der Waals surface area contributed by atoms with Crippen molar-refractivity contribution in [3.63, 3.8) is 0 Å². The van der Waals surface area contributed by atoms with E-state index in [2.05, 4.69) is 20.9 Å². The molecule has 1 N–H and O–H groups in total. The smallest absolute Gasteiger partial charge is 0.418 e. The monoisotopic (exact) mass is 298 g/mol. The van der Waals surface area contributed by atoms with E-state index in [1.54, 1.807) is 30.5 Å². The fourth-order valence-electron chi connectivity index (χ4n) is 1.23. The molecule has 4 nitrogen and oxygen atoms in total. The van der Waals surface area contributed by atoms with Crippen molar-refractivity contribution in [1.82, 2.24) is 4.98 Å². The second-order valence-electron chi connectivity index (χ2n) is 2.90. The summed E-state index contributed by atoms with van der Waals surface area (Å²) < 4.78 is 0.796. The summed E-state index contributed by atoms with van der Waals surface area (Å²) >= 11 is 4.53. The zero-order valence-corrected chi connectivity index (χ0v) is 10.4. The fourth-order valence-corrected chi connectivity index (χ4v) is 2.43. The van der Waals surface area contributed by atoms with E-state index in [1.807, 2.05) is 6.07 Å². The summed E-state index contributed by atoms with van der Waals surface area (Å²) in [6.07, 6.45) is 0.534. The Labute approximate surface area is 104 Å². The molecule has 0 bridgehead atoms. The molecule has 1 heterocycles. The third kappa shape index (κ3) is 2.23. The van der Waals surface area contributed by atoms with E-state index in [-0.39, 0.29) is 0 Å². The van der Waals surface area contributed by atoms with Crippen molar-refractivity contribution in [3.05, 3.63) is 40.3 Å². The molecule has 82 valence electrons.